The quantitative estimate of drug-likeness (QED) is 0.833. The Labute approximate surface area is 99.3 Å². The van der Waals surface area contributed by atoms with Gasteiger partial charge in [-0.05, 0) is 38.0 Å². The van der Waals surface area contributed by atoms with E-state index in [0.29, 0.717) is 11.4 Å². The molecule has 0 aliphatic heterocycles. The van der Waals surface area contributed by atoms with Gasteiger partial charge in [0.15, 0.2) is 0 Å². The van der Waals surface area contributed by atoms with E-state index in [2.05, 4.69) is 10.2 Å². The van der Waals surface area contributed by atoms with Crippen molar-refractivity contribution in [2.75, 3.05) is 0 Å². The standard InChI is InChI=1S/C13H14N2O2/c1-7-4-5-10(6-8(7)2)12-11(13(16)17)9(3)14-15-12/h4-6H,1-3H3,(H,14,15)(H,16,17). The number of nitrogens with zero attached hydrogens (tertiary/aromatic N) is 1. The number of benzene rings is 1. The first-order valence-corrected chi connectivity index (χ1v) is 5.36. The first-order chi connectivity index (χ1) is 8.00. The number of carboxylic acid groups (broad SMARTS) is 1. The zero-order chi connectivity index (χ0) is 12.6. The lowest BCUT2D eigenvalue weighted by Crippen LogP contribution is -1.99. The van der Waals surface area contributed by atoms with Crippen molar-refractivity contribution in [1.82, 2.24) is 10.2 Å². The first-order valence-electron chi connectivity index (χ1n) is 5.36. The number of carboxylic acids is 1. The fraction of sp³-hybridized carbons (Fsp3) is 0.231. The van der Waals surface area contributed by atoms with Crippen molar-refractivity contribution in [2.24, 2.45) is 0 Å². The van der Waals surface area contributed by atoms with E-state index in [0.717, 1.165) is 11.1 Å². The Hall–Kier alpha value is -2.10. The van der Waals surface area contributed by atoms with Crippen molar-refractivity contribution in [3.63, 3.8) is 0 Å². The number of hydrogen-bond donors (Lipinski definition) is 2. The zero-order valence-corrected chi connectivity index (χ0v) is 10.0. The second-order valence-corrected chi connectivity index (χ2v) is 4.18. The molecule has 0 unspecified atom stereocenters. The van der Waals surface area contributed by atoms with Crippen molar-refractivity contribution >= 4 is 5.97 Å². The van der Waals surface area contributed by atoms with Gasteiger partial charge in [0, 0.05) is 11.3 Å². The maximum Gasteiger partial charge on any atom is 0.339 e. The summed E-state index contributed by atoms with van der Waals surface area (Å²) in [5.41, 5.74) is 4.45. The molecule has 0 spiro atoms. The van der Waals surface area contributed by atoms with Crippen LogP contribution in [0, 0.1) is 20.8 Å². The topological polar surface area (TPSA) is 66.0 Å². The minimum Gasteiger partial charge on any atom is -0.478 e. The van der Waals surface area contributed by atoms with Gasteiger partial charge in [0.1, 0.15) is 11.3 Å². The highest BCUT2D eigenvalue weighted by Gasteiger charge is 2.18. The molecule has 0 bridgehead atoms. The Balaban J connectivity index is 2.60. The van der Waals surface area contributed by atoms with Crippen LogP contribution in [0.4, 0.5) is 0 Å². The molecule has 2 N–H and O–H groups in total. The van der Waals surface area contributed by atoms with E-state index in [1.54, 1.807) is 6.92 Å². The van der Waals surface area contributed by atoms with E-state index in [1.165, 1.54) is 5.56 Å². The predicted molar refractivity (Wildman–Crippen MR) is 65.2 cm³/mol. The van der Waals surface area contributed by atoms with Gasteiger partial charge < -0.3 is 5.11 Å². The third-order valence-electron chi connectivity index (χ3n) is 2.94. The van der Waals surface area contributed by atoms with E-state index in [1.807, 2.05) is 32.0 Å². The lowest BCUT2D eigenvalue weighted by molar-refractivity contribution is 0.0697. The summed E-state index contributed by atoms with van der Waals surface area (Å²) in [6.07, 6.45) is 0. The molecule has 4 heteroatoms. The van der Waals surface area contributed by atoms with Crippen LogP contribution in [-0.2, 0) is 0 Å². The Bertz CT molecular complexity index is 585. The third-order valence-corrected chi connectivity index (χ3v) is 2.94. The van der Waals surface area contributed by atoms with Crippen molar-refractivity contribution in [3.8, 4) is 11.3 Å². The number of aromatic amines is 1. The molecule has 2 aromatic rings. The molecular weight excluding hydrogens is 216 g/mol. The molecule has 88 valence electrons. The molecule has 4 nitrogen and oxygen atoms in total. The summed E-state index contributed by atoms with van der Waals surface area (Å²) in [5, 5.41) is 16.0. The van der Waals surface area contributed by atoms with Crippen molar-refractivity contribution in [2.45, 2.75) is 20.8 Å². The average Bonchev–Trinajstić information content (AvgIpc) is 2.64. The molecule has 17 heavy (non-hydrogen) atoms. The summed E-state index contributed by atoms with van der Waals surface area (Å²) < 4.78 is 0. The molecule has 0 atom stereocenters. The maximum absolute atomic E-state index is 11.2. The molecule has 2 rings (SSSR count). The number of rotatable bonds is 2. The minimum absolute atomic E-state index is 0.244. The van der Waals surface area contributed by atoms with Gasteiger partial charge in [0.2, 0.25) is 0 Å². The van der Waals surface area contributed by atoms with Crippen molar-refractivity contribution in [1.29, 1.82) is 0 Å². The van der Waals surface area contributed by atoms with Crippen LogP contribution in [0.15, 0.2) is 18.2 Å². The molecule has 1 heterocycles. The van der Waals surface area contributed by atoms with Gasteiger partial charge in [0.05, 0.1) is 0 Å². The smallest absolute Gasteiger partial charge is 0.339 e. The van der Waals surface area contributed by atoms with E-state index >= 15 is 0 Å². The summed E-state index contributed by atoms with van der Waals surface area (Å²) in [6, 6.07) is 5.82. The monoisotopic (exact) mass is 230 g/mol. The van der Waals surface area contributed by atoms with Gasteiger partial charge in [-0.25, -0.2) is 4.79 Å². The second-order valence-electron chi connectivity index (χ2n) is 4.18. The molecule has 0 fully saturated rings. The largest absolute Gasteiger partial charge is 0.478 e. The Kier molecular flexibility index (Phi) is 2.71. The molecule has 1 aromatic carbocycles. The van der Waals surface area contributed by atoms with Crippen LogP contribution in [0.5, 0.6) is 0 Å². The highest BCUT2D eigenvalue weighted by atomic mass is 16.4. The van der Waals surface area contributed by atoms with E-state index in [-0.39, 0.29) is 5.56 Å². The number of carbonyl (C=O) groups is 1. The Morgan fingerprint density at radius 1 is 1.24 bits per heavy atom. The molecule has 0 aliphatic carbocycles. The summed E-state index contributed by atoms with van der Waals surface area (Å²) in [7, 11) is 0. The predicted octanol–water partition coefficient (Wildman–Crippen LogP) is 2.70. The number of hydrogen-bond acceptors (Lipinski definition) is 2. The Morgan fingerprint density at radius 2 is 1.94 bits per heavy atom. The fourth-order valence-corrected chi connectivity index (χ4v) is 1.79. The maximum atomic E-state index is 11.2. The summed E-state index contributed by atoms with van der Waals surface area (Å²) in [5.74, 6) is -0.954. The second kappa shape index (κ2) is 4.05. The molecule has 0 amide bonds. The molecule has 0 saturated heterocycles. The number of nitrogens with one attached hydrogen (secondary N) is 1. The van der Waals surface area contributed by atoms with Gasteiger partial charge in [-0.2, -0.15) is 5.10 Å². The van der Waals surface area contributed by atoms with Gasteiger partial charge in [-0.3, -0.25) is 5.10 Å². The van der Waals surface area contributed by atoms with Crippen LogP contribution in [0.25, 0.3) is 11.3 Å². The molecule has 0 saturated carbocycles. The van der Waals surface area contributed by atoms with Crippen LogP contribution in [0.2, 0.25) is 0 Å². The number of aromatic nitrogens is 2. The van der Waals surface area contributed by atoms with Gasteiger partial charge >= 0.3 is 5.97 Å². The van der Waals surface area contributed by atoms with E-state index in [9.17, 15) is 4.79 Å². The SMILES string of the molecule is Cc1ccc(-c2n[nH]c(C)c2C(=O)O)cc1C. The minimum atomic E-state index is -0.954. The normalized spacial score (nSPS) is 10.5. The highest BCUT2D eigenvalue weighted by Crippen LogP contribution is 2.25. The van der Waals surface area contributed by atoms with Crippen molar-refractivity contribution in [3.05, 3.63) is 40.6 Å². The van der Waals surface area contributed by atoms with Crippen LogP contribution in [-0.4, -0.2) is 21.3 Å². The molecule has 1 aromatic heterocycles. The lowest BCUT2D eigenvalue weighted by atomic mass is 10.0. The van der Waals surface area contributed by atoms with E-state index in [4.69, 9.17) is 5.11 Å². The van der Waals surface area contributed by atoms with Gasteiger partial charge in [0.25, 0.3) is 0 Å². The van der Waals surface area contributed by atoms with E-state index < -0.39 is 5.97 Å². The van der Waals surface area contributed by atoms with Gasteiger partial charge in [-0.15, -0.1) is 0 Å². The summed E-state index contributed by atoms with van der Waals surface area (Å²) in [4.78, 5) is 11.2. The van der Waals surface area contributed by atoms with Crippen LogP contribution in [0.1, 0.15) is 27.2 Å². The third kappa shape index (κ3) is 1.93. The highest BCUT2D eigenvalue weighted by molar-refractivity contribution is 5.96. The van der Waals surface area contributed by atoms with Crippen LogP contribution in [0.3, 0.4) is 0 Å². The van der Waals surface area contributed by atoms with Crippen LogP contribution < -0.4 is 0 Å². The van der Waals surface area contributed by atoms with Crippen molar-refractivity contribution < 1.29 is 9.90 Å². The van der Waals surface area contributed by atoms with Crippen LogP contribution >= 0.6 is 0 Å². The molecule has 0 aliphatic rings. The fourth-order valence-electron chi connectivity index (χ4n) is 1.79. The number of aryl methyl sites for hydroxylation is 3. The summed E-state index contributed by atoms with van der Waals surface area (Å²) in [6.45, 7) is 5.73. The zero-order valence-electron chi connectivity index (χ0n) is 10.0. The number of aromatic carboxylic acids is 1. The number of H-pyrrole nitrogens is 1. The molecule has 0 radical (unpaired) electrons. The Morgan fingerprint density at radius 3 is 2.53 bits per heavy atom. The summed E-state index contributed by atoms with van der Waals surface area (Å²) >= 11 is 0. The average molecular weight is 230 g/mol. The first kappa shape index (κ1) is 11.4. The molecular formula is C13H14N2O2. The van der Waals surface area contributed by atoms with Gasteiger partial charge in [-0.1, -0.05) is 12.1 Å². The lowest BCUT2D eigenvalue weighted by Gasteiger charge is -2.04.